The number of carbonyl (C=O) groups is 1. The lowest BCUT2D eigenvalue weighted by atomic mass is 10.0. The minimum Gasteiger partial charge on any atom is -0.440 e. The first-order chi connectivity index (χ1) is 8.47. The number of rotatable bonds is 3. The number of likely N-dealkylation sites (N-methyl/N-ethyl adjacent to an activating group) is 1. The molecular weight excluding hydrogens is 228 g/mol. The molecule has 1 aromatic rings. The van der Waals surface area contributed by atoms with E-state index in [2.05, 4.69) is 5.32 Å². The zero-order valence-electron chi connectivity index (χ0n) is 11.4. The van der Waals surface area contributed by atoms with E-state index in [0.717, 1.165) is 16.8 Å². The van der Waals surface area contributed by atoms with E-state index in [1.165, 1.54) is 0 Å². The van der Waals surface area contributed by atoms with Crippen LogP contribution in [0.25, 0.3) is 0 Å². The first-order valence-corrected chi connectivity index (χ1v) is 6.18. The Labute approximate surface area is 108 Å². The zero-order chi connectivity index (χ0) is 13.3. The van der Waals surface area contributed by atoms with Crippen LogP contribution < -0.4 is 10.2 Å². The summed E-state index contributed by atoms with van der Waals surface area (Å²) in [6, 6.07) is 6.04. The summed E-state index contributed by atoms with van der Waals surface area (Å²) in [4.78, 5) is 13.8. The van der Waals surface area contributed by atoms with E-state index in [1.807, 2.05) is 46.0 Å². The summed E-state index contributed by atoms with van der Waals surface area (Å²) >= 11 is 0. The van der Waals surface area contributed by atoms with E-state index >= 15 is 0 Å². The molecule has 1 aromatic carbocycles. The van der Waals surface area contributed by atoms with Gasteiger partial charge >= 0.3 is 6.09 Å². The number of hydrogen-bond donors (Lipinski definition) is 1. The minimum atomic E-state index is -0.458. The zero-order valence-corrected chi connectivity index (χ0v) is 11.4. The molecule has 2 rings (SSSR count). The Morgan fingerprint density at radius 1 is 1.39 bits per heavy atom. The lowest BCUT2D eigenvalue weighted by Gasteiger charge is -2.22. The van der Waals surface area contributed by atoms with Crippen molar-refractivity contribution in [1.29, 1.82) is 0 Å². The Morgan fingerprint density at radius 2 is 2.00 bits per heavy atom. The Morgan fingerprint density at radius 3 is 2.56 bits per heavy atom. The summed E-state index contributed by atoms with van der Waals surface area (Å²) in [5.41, 5.74) is 2.71. The van der Waals surface area contributed by atoms with Gasteiger partial charge in [-0.25, -0.2) is 4.79 Å². The average molecular weight is 248 g/mol. The summed E-state index contributed by atoms with van der Waals surface area (Å²) in [5.74, 6) is 0. The van der Waals surface area contributed by atoms with Gasteiger partial charge in [-0.1, -0.05) is 18.2 Å². The molecule has 0 aromatic heterocycles. The molecule has 4 heteroatoms. The largest absolute Gasteiger partial charge is 0.440 e. The summed E-state index contributed by atoms with van der Waals surface area (Å²) in [5, 5.41) is 3.07. The molecule has 0 radical (unpaired) electrons. The van der Waals surface area contributed by atoms with Crippen molar-refractivity contribution < 1.29 is 9.53 Å². The summed E-state index contributed by atoms with van der Waals surface area (Å²) in [6.07, 6.45) is -0.259. The van der Waals surface area contributed by atoms with Gasteiger partial charge in [0.2, 0.25) is 0 Å². The first-order valence-electron chi connectivity index (χ1n) is 6.18. The third-order valence-corrected chi connectivity index (χ3v) is 3.31. The highest BCUT2D eigenvalue weighted by molar-refractivity contribution is 5.92. The Kier molecular flexibility index (Phi) is 3.30. The number of anilines is 1. The molecule has 1 amide bonds. The maximum absolute atomic E-state index is 12.0. The minimum absolute atomic E-state index is 0.259. The first kappa shape index (κ1) is 12.9. The normalized spacial score (nSPS) is 23.3. The number of cyclic esters (lactones) is 1. The SMILES string of the molecule is CNCC1(C)CN(c2c(C)cccc2C)C(=O)O1. The standard InChI is InChI=1S/C14H20N2O2/c1-10-6-5-7-11(2)12(10)16-9-14(3,8-15-4)18-13(16)17/h5-7,15H,8-9H2,1-4H3. The van der Waals surface area contributed by atoms with Crippen LogP contribution >= 0.6 is 0 Å². The Bertz CT molecular complexity index is 453. The van der Waals surface area contributed by atoms with Crippen molar-refractivity contribution in [3.05, 3.63) is 29.3 Å². The number of hydrogen-bond acceptors (Lipinski definition) is 3. The lowest BCUT2D eigenvalue weighted by molar-refractivity contribution is 0.0734. The van der Waals surface area contributed by atoms with Crippen LogP contribution in [0.1, 0.15) is 18.1 Å². The second-order valence-corrected chi connectivity index (χ2v) is 5.17. The van der Waals surface area contributed by atoms with Gasteiger partial charge in [-0.05, 0) is 38.9 Å². The summed E-state index contributed by atoms with van der Waals surface area (Å²) in [6.45, 7) is 7.22. The van der Waals surface area contributed by atoms with Crippen molar-refractivity contribution in [2.45, 2.75) is 26.4 Å². The average Bonchev–Trinajstić information content (AvgIpc) is 2.54. The monoisotopic (exact) mass is 248 g/mol. The van der Waals surface area contributed by atoms with Gasteiger partial charge in [0.05, 0.1) is 12.2 Å². The summed E-state index contributed by atoms with van der Waals surface area (Å²) in [7, 11) is 1.86. The third-order valence-electron chi connectivity index (χ3n) is 3.31. The van der Waals surface area contributed by atoms with Crippen LogP contribution in [0.15, 0.2) is 18.2 Å². The quantitative estimate of drug-likeness (QED) is 0.892. The van der Waals surface area contributed by atoms with Crippen molar-refractivity contribution in [1.82, 2.24) is 5.32 Å². The molecule has 0 spiro atoms. The molecular formula is C14H20N2O2. The van der Waals surface area contributed by atoms with E-state index in [0.29, 0.717) is 13.1 Å². The molecule has 1 saturated heterocycles. The number of nitrogens with one attached hydrogen (secondary N) is 1. The number of aryl methyl sites for hydroxylation is 2. The predicted octanol–water partition coefficient (Wildman–Crippen LogP) is 2.24. The highest BCUT2D eigenvalue weighted by atomic mass is 16.6. The van der Waals surface area contributed by atoms with E-state index in [9.17, 15) is 4.79 Å². The molecule has 1 atom stereocenters. The van der Waals surface area contributed by atoms with Gasteiger partial charge in [-0.2, -0.15) is 0 Å². The Balaban J connectivity index is 2.33. The van der Waals surface area contributed by atoms with E-state index in [4.69, 9.17) is 4.74 Å². The maximum Gasteiger partial charge on any atom is 0.415 e. The van der Waals surface area contributed by atoms with Crippen molar-refractivity contribution in [3.8, 4) is 0 Å². The van der Waals surface area contributed by atoms with Crippen molar-refractivity contribution in [2.75, 3.05) is 25.0 Å². The van der Waals surface area contributed by atoms with Gasteiger partial charge in [0, 0.05) is 6.54 Å². The molecule has 18 heavy (non-hydrogen) atoms. The van der Waals surface area contributed by atoms with E-state index in [-0.39, 0.29) is 6.09 Å². The molecule has 1 heterocycles. The Hall–Kier alpha value is -1.55. The molecule has 1 N–H and O–H groups in total. The number of carbonyl (C=O) groups excluding carboxylic acids is 1. The number of ether oxygens (including phenoxy) is 1. The smallest absolute Gasteiger partial charge is 0.415 e. The number of para-hydroxylation sites is 1. The summed E-state index contributed by atoms with van der Waals surface area (Å²) < 4.78 is 5.49. The van der Waals surface area contributed by atoms with Crippen LogP contribution in [-0.2, 0) is 4.74 Å². The van der Waals surface area contributed by atoms with E-state index in [1.54, 1.807) is 4.90 Å². The molecule has 1 fully saturated rings. The van der Waals surface area contributed by atoms with Gasteiger partial charge < -0.3 is 10.1 Å². The molecule has 0 saturated carbocycles. The highest BCUT2D eigenvalue weighted by Gasteiger charge is 2.42. The maximum atomic E-state index is 12.0. The van der Waals surface area contributed by atoms with Crippen LogP contribution in [0.5, 0.6) is 0 Å². The fraction of sp³-hybridized carbons (Fsp3) is 0.500. The second-order valence-electron chi connectivity index (χ2n) is 5.17. The van der Waals surface area contributed by atoms with Crippen molar-refractivity contribution in [2.24, 2.45) is 0 Å². The van der Waals surface area contributed by atoms with Gasteiger partial charge in [0.25, 0.3) is 0 Å². The van der Waals surface area contributed by atoms with Crippen LogP contribution in [-0.4, -0.2) is 31.8 Å². The van der Waals surface area contributed by atoms with Gasteiger partial charge in [0.1, 0.15) is 5.60 Å². The van der Waals surface area contributed by atoms with Crippen LogP contribution in [0.2, 0.25) is 0 Å². The molecule has 4 nitrogen and oxygen atoms in total. The number of benzene rings is 1. The molecule has 98 valence electrons. The van der Waals surface area contributed by atoms with Crippen LogP contribution in [0, 0.1) is 13.8 Å². The number of nitrogens with zero attached hydrogens (tertiary/aromatic N) is 1. The fourth-order valence-corrected chi connectivity index (χ4v) is 2.56. The van der Waals surface area contributed by atoms with Gasteiger partial charge in [-0.15, -0.1) is 0 Å². The number of amides is 1. The molecule has 0 bridgehead atoms. The van der Waals surface area contributed by atoms with Crippen LogP contribution in [0.4, 0.5) is 10.5 Å². The third kappa shape index (κ3) is 2.20. The molecule has 0 aliphatic carbocycles. The predicted molar refractivity (Wildman–Crippen MR) is 72.1 cm³/mol. The fourth-order valence-electron chi connectivity index (χ4n) is 2.56. The second kappa shape index (κ2) is 4.61. The van der Waals surface area contributed by atoms with Gasteiger partial charge in [-0.3, -0.25) is 4.90 Å². The lowest BCUT2D eigenvalue weighted by Crippen LogP contribution is -2.40. The van der Waals surface area contributed by atoms with Crippen molar-refractivity contribution >= 4 is 11.8 Å². The molecule has 1 aliphatic rings. The topological polar surface area (TPSA) is 41.6 Å². The molecule has 1 aliphatic heterocycles. The van der Waals surface area contributed by atoms with Crippen molar-refractivity contribution in [3.63, 3.8) is 0 Å². The van der Waals surface area contributed by atoms with Crippen LogP contribution in [0.3, 0.4) is 0 Å². The van der Waals surface area contributed by atoms with Gasteiger partial charge in [0.15, 0.2) is 0 Å². The van der Waals surface area contributed by atoms with E-state index < -0.39 is 5.60 Å². The molecule has 1 unspecified atom stereocenters. The highest BCUT2D eigenvalue weighted by Crippen LogP contribution is 2.32.